The van der Waals surface area contributed by atoms with E-state index in [4.69, 9.17) is 17.3 Å². The Balaban J connectivity index is 2.47. The van der Waals surface area contributed by atoms with E-state index in [1.165, 1.54) is 18.2 Å². The van der Waals surface area contributed by atoms with Crippen LogP contribution < -0.4 is 10.5 Å². The maximum atomic E-state index is 12.5. The molecular weight excluding hydrogens is 308 g/mol. The zero-order valence-electron chi connectivity index (χ0n) is 11.9. The largest absolute Gasteiger partial charge is 0.399 e. The predicted octanol–water partition coefficient (Wildman–Crippen LogP) is 3.59. The minimum Gasteiger partial charge on any atom is -0.399 e. The van der Waals surface area contributed by atoms with Crippen LogP contribution in [0.1, 0.15) is 18.1 Å². The number of halogens is 1. The van der Waals surface area contributed by atoms with E-state index in [0.717, 1.165) is 17.5 Å². The highest BCUT2D eigenvalue weighted by atomic mass is 35.5. The molecule has 0 aliphatic heterocycles. The van der Waals surface area contributed by atoms with Crippen molar-refractivity contribution in [2.75, 3.05) is 10.5 Å². The van der Waals surface area contributed by atoms with Crippen LogP contribution in [0.15, 0.2) is 41.3 Å². The van der Waals surface area contributed by atoms with Gasteiger partial charge in [-0.25, -0.2) is 8.42 Å². The third kappa shape index (κ3) is 3.31. The fraction of sp³-hybridized carbons (Fsp3) is 0.200. The fourth-order valence-electron chi connectivity index (χ4n) is 2.09. The Kier molecular flexibility index (Phi) is 4.44. The number of hydrogen-bond acceptors (Lipinski definition) is 3. The number of sulfonamides is 1. The van der Waals surface area contributed by atoms with Crippen molar-refractivity contribution in [3.63, 3.8) is 0 Å². The lowest BCUT2D eigenvalue weighted by molar-refractivity contribution is 0.601. The van der Waals surface area contributed by atoms with Crippen LogP contribution in [0.3, 0.4) is 0 Å². The lowest BCUT2D eigenvalue weighted by Gasteiger charge is -2.15. The van der Waals surface area contributed by atoms with Gasteiger partial charge in [-0.1, -0.05) is 36.7 Å². The van der Waals surface area contributed by atoms with Gasteiger partial charge in [0, 0.05) is 5.69 Å². The van der Waals surface area contributed by atoms with E-state index in [0.29, 0.717) is 11.4 Å². The van der Waals surface area contributed by atoms with Crippen molar-refractivity contribution in [3.8, 4) is 0 Å². The molecule has 0 saturated heterocycles. The second-order valence-corrected chi connectivity index (χ2v) is 6.82. The minimum absolute atomic E-state index is 0.0173. The number of rotatable bonds is 4. The van der Waals surface area contributed by atoms with Crippen LogP contribution in [0.25, 0.3) is 0 Å². The molecule has 6 heteroatoms. The number of nitrogen functional groups attached to an aromatic ring is 1. The van der Waals surface area contributed by atoms with Crippen LogP contribution in [0, 0.1) is 6.92 Å². The molecule has 0 bridgehead atoms. The molecule has 0 aliphatic carbocycles. The summed E-state index contributed by atoms with van der Waals surface area (Å²) in [6.45, 7) is 3.84. The highest BCUT2D eigenvalue weighted by molar-refractivity contribution is 7.92. The number of aryl methyl sites for hydroxylation is 2. The number of nitrogens with one attached hydrogen (secondary N) is 1. The monoisotopic (exact) mass is 324 g/mol. The van der Waals surface area contributed by atoms with Crippen molar-refractivity contribution in [2.24, 2.45) is 0 Å². The molecule has 0 heterocycles. The topological polar surface area (TPSA) is 72.2 Å². The Morgan fingerprint density at radius 1 is 1.24 bits per heavy atom. The summed E-state index contributed by atoms with van der Waals surface area (Å²) < 4.78 is 27.7. The summed E-state index contributed by atoms with van der Waals surface area (Å²) in [6.07, 6.45) is 0.731. The Hall–Kier alpha value is -1.72. The molecule has 0 radical (unpaired) electrons. The van der Waals surface area contributed by atoms with E-state index in [1.54, 1.807) is 0 Å². The maximum Gasteiger partial charge on any atom is 0.263 e. The van der Waals surface area contributed by atoms with Crippen LogP contribution in [0.4, 0.5) is 11.4 Å². The Morgan fingerprint density at radius 3 is 2.57 bits per heavy atom. The predicted molar refractivity (Wildman–Crippen MR) is 87.2 cm³/mol. The smallest absolute Gasteiger partial charge is 0.263 e. The first-order valence-electron chi connectivity index (χ1n) is 6.51. The first-order valence-corrected chi connectivity index (χ1v) is 8.37. The van der Waals surface area contributed by atoms with Crippen LogP contribution in [-0.4, -0.2) is 8.42 Å². The van der Waals surface area contributed by atoms with Gasteiger partial charge in [-0.3, -0.25) is 4.72 Å². The molecular formula is C15H17ClN2O2S. The van der Waals surface area contributed by atoms with E-state index in [1.807, 2.05) is 32.0 Å². The molecule has 21 heavy (non-hydrogen) atoms. The molecule has 0 amide bonds. The average molecular weight is 325 g/mol. The molecule has 2 rings (SSSR count). The normalized spacial score (nSPS) is 11.4. The summed E-state index contributed by atoms with van der Waals surface area (Å²) in [5.74, 6) is 0. The van der Waals surface area contributed by atoms with Crippen molar-refractivity contribution < 1.29 is 8.42 Å². The number of hydrogen-bond donors (Lipinski definition) is 2. The molecule has 0 saturated carbocycles. The van der Waals surface area contributed by atoms with Gasteiger partial charge >= 0.3 is 0 Å². The Labute approximate surface area is 130 Å². The zero-order chi connectivity index (χ0) is 15.6. The molecule has 2 aromatic carbocycles. The van der Waals surface area contributed by atoms with Crippen molar-refractivity contribution in [1.82, 2.24) is 0 Å². The Morgan fingerprint density at radius 2 is 1.95 bits per heavy atom. The average Bonchev–Trinajstić information content (AvgIpc) is 2.40. The summed E-state index contributed by atoms with van der Waals surface area (Å²) in [5.41, 5.74) is 8.42. The molecule has 0 atom stereocenters. The summed E-state index contributed by atoms with van der Waals surface area (Å²) in [4.78, 5) is 0.0173. The number of para-hydroxylation sites is 1. The van der Waals surface area contributed by atoms with Crippen LogP contribution in [0.5, 0.6) is 0 Å². The highest BCUT2D eigenvalue weighted by Crippen LogP contribution is 2.28. The van der Waals surface area contributed by atoms with Crippen molar-refractivity contribution in [3.05, 3.63) is 52.5 Å². The fourth-order valence-corrected chi connectivity index (χ4v) is 3.82. The van der Waals surface area contributed by atoms with Gasteiger partial charge in [0.05, 0.1) is 10.7 Å². The minimum atomic E-state index is -3.75. The van der Waals surface area contributed by atoms with Gasteiger partial charge in [-0.2, -0.15) is 0 Å². The summed E-state index contributed by atoms with van der Waals surface area (Å²) in [6, 6.07) is 10.0. The van der Waals surface area contributed by atoms with Crippen molar-refractivity contribution in [2.45, 2.75) is 25.2 Å². The first kappa shape index (κ1) is 15.7. The summed E-state index contributed by atoms with van der Waals surface area (Å²) in [5, 5.41) is 0.106. The second kappa shape index (κ2) is 5.95. The lowest BCUT2D eigenvalue weighted by atomic mass is 10.1. The molecule has 0 fully saturated rings. The lowest BCUT2D eigenvalue weighted by Crippen LogP contribution is -2.15. The second-order valence-electron chi connectivity index (χ2n) is 4.76. The van der Waals surface area contributed by atoms with Crippen LogP contribution in [0.2, 0.25) is 5.02 Å². The SMILES string of the molecule is CCc1cccc(C)c1NS(=O)(=O)c1ccc(N)cc1Cl. The summed E-state index contributed by atoms with van der Waals surface area (Å²) in [7, 11) is -3.75. The molecule has 2 aromatic rings. The quantitative estimate of drug-likeness (QED) is 0.844. The third-order valence-electron chi connectivity index (χ3n) is 3.22. The highest BCUT2D eigenvalue weighted by Gasteiger charge is 2.20. The van der Waals surface area contributed by atoms with Gasteiger partial charge in [0.25, 0.3) is 10.0 Å². The van der Waals surface area contributed by atoms with Crippen LogP contribution >= 0.6 is 11.6 Å². The van der Waals surface area contributed by atoms with E-state index in [-0.39, 0.29) is 9.92 Å². The Bertz CT molecular complexity index is 773. The number of anilines is 2. The zero-order valence-corrected chi connectivity index (χ0v) is 13.4. The van der Waals surface area contributed by atoms with Crippen LogP contribution in [-0.2, 0) is 16.4 Å². The van der Waals surface area contributed by atoms with Gasteiger partial charge in [0.15, 0.2) is 0 Å². The molecule has 3 N–H and O–H groups in total. The van der Waals surface area contributed by atoms with Gasteiger partial charge in [-0.05, 0) is 42.7 Å². The number of nitrogens with two attached hydrogens (primary N) is 1. The molecule has 112 valence electrons. The van der Waals surface area contributed by atoms with E-state index < -0.39 is 10.0 Å². The van der Waals surface area contributed by atoms with Crippen molar-refractivity contribution in [1.29, 1.82) is 0 Å². The van der Waals surface area contributed by atoms with E-state index in [9.17, 15) is 8.42 Å². The van der Waals surface area contributed by atoms with Gasteiger partial charge in [0.2, 0.25) is 0 Å². The summed E-state index contributed by atoms with van der Waals surface area (Å²) >= 11 is 5.99. The molecule has 0 aromatic heterocycles. The van der Waals surface area contributed by atoms with E-state index in [2.05, 4.69) is 4.72 Å². The van der Waals surface area contributed by atoms with Gasteiger partial charge in [-0.15, -0.1) is 0 Å². The third-order valence-corrected chi connectivity index (χ3v) is 5.05. The molecule has 0 aliphatic rings. The first-order chi connectivity index (χ1) is 9.85. The molecule has 0 unspecified atom stereocenters. The van der Waals surface area contributed by atoms with E-state index >= 15 is 0 Å². The standard InChI is InChI=1S/C15H17ClN2O2S/c1-3-11-6-4-5-10(2)15(11)18-21(19,20)14-8-7-12(17)9-13(14)16/h4-9,18H,3,17H2,1-2H3. The number of benzene rings is 2. The van der Waals surface area contributed by atoms with Gasteiger partial charge < -0.3 is 5.73 Å². The molecule has 0 spiro atoms. The maximum absolute atomic E-state index is 12.5. The van der Waals surface area contributed by atoms with Gasteiger partial charge in [0.1, 0.15) is 4.90 Å². The molecule has 4 nitrogen and oxygen atoms in total. The van der Waals surface area contributed by atoms with Crippen molar-refractivity contribution >= 4 is 33.0 Å².